The Morgan fingerprint density at radius 1 is 1.08 bits per heavy atom. The summed E-state index contributed by atoms with van der Waals surface area (Å²) in [6.07, 6.45) is 0. The molecular weight excluding hydrogens is 373 g/mol. The quantitative estimate of drug-likeness (QED) is 0.486. The molecule has 0 N–H and O–H groups in total. The molecule has 0 spiro atoms. The van der Waals surface area contributed by atoms with Crippen LogP contribution in [0.2, 0.25) is 0 Å². The molecule has 0 saturated carbocycles. The van der Waals surface area contributed by atoms with Crippen LogP contribution < -0.4 is 0 Å². The molecule has 12 heavy (non-hydrogen) atoms. The predicted octanol–water partition coefficient (Wildman–Crippen LogP) is 6.53. The minimum absolute atomic E-state index is 0.0519. The van der Waals surface area contributed by atoms with Gasteiger partial charge in [0.05, 0.1) is 0 Å². The van der Waals surface area contributed by atoms with Gasteiger partial charge in [0.2, 0.25) is 0 Å². The molecule has 8 unspecified atom stereocenters. The van der Waals surface area contributed by atoms with Gasteiger partial charge in [0, 0.05) is 14.0 Å². The van der Waals surface area contributed by atoms with Crippen LogP contribution in [0.5, 0.6) is 0 Å². The summed E-state index contributed by atoms with van der Waals surface area (Å²) in [6.45, 7) is 0.442. The van der Waals surface area contributed by atoms with Gasteiger partial charge in [-0.05, 0) is 21.0 Å². The van der Waals surface area contributed by atoms with E-state index in [0.29, 0.717) is 0 Å². The maximum atomic E-state index is 5.21. The molecule has 0 aliphatic carbocycles. The minimum atomic E-state index is 0.0519. The molecular formula is H11P11S. The Morgan fingerprint density at radius 3 is 1.67 bits per heavy atom. The van der Waals surface area contributed by atoms with Crippen molar-refractivity contribution in [2.45, 2.75) is 0 Å². The molecule has 0 rings (SSSR count). The van der Waals surface area contributed by atoms with Gasteiger partial charge in [-0.3, -0.25) is 0 Å². The monoisotopic (exact) mass is 384 g/mol. The lowest BCUT2D eigenvalue weighted by molar-refractivity contribution is 4.67. The fourth-order valence-electron chi connectivity index (χ4n) is 0.385. The Hall–Kier alpha value is 4.82. The van der Waals surface area contributed by atoms with Gasteiger partial charge in [-0.2, -0.15) is 0 Å². The lowest BCUT2D eigenvalue weighted by Gasteiger charge is -2.27. The first-order chi connectivity index (χ1) is 5.54. The van der Waals surface area contributed by atoms with E-state index in [1.165, 1.54) is 7.04 Å². The zero-order chi connectivity index (χ0) is 9.72. The van der Waals surface area contributed by atoms with Gasteiger partial charge in [-0.25, -0.2) is 0 Å². The SMILES string of the molecule is PPP(P(P)P)P(P=S)P(P)P. The molecule has 0 aromatic heterocycles. The number of hydrogen-bond donors (Lipinski definition) is 0. The van der Waals surface area contributed by atoms with Crippen LogP contribution in [0.3, 0.4) is 0 Å². The third-order valence-corrected chi connectivity index (χ3v) is 63.4. The van der Waals surface area contributed by atoms with Crippen molar-refractivity contribution < 1.29 is 0 Å². The lowest BCUT2D eigenvalue weighted by atomic mass is 28.7. The van der Waals surface area contributed by atoms with E-state index in [0.717, 1.165) is 7.96 Å². The summed E-state index contributed by atoms with van der Waals surface area (Å²) >= 11 is 5.21. The normalized spacial score (nSPS) is 18.2. The van der Waals surface area contributed by atoms with E-state index in [1.807, 2.05) is 0 Å². The van der Waals surface area contributed by atoms with Crippen LogP contribution in [0, 0.1) is 0 Å². The molecule has 0 aromatic rings. The van der Waals surface area contributed by atoms with E-state index < -0.39 is 0 Å². The average molecular weight is 384 g/mol. The maximum absolute atomic E-state index is 5.21. The summed E-state index contributed by atoms with van der Waals surface area (Å²) in [7, 11) is 17.0. The smallest absolute Gasteiger partial charge is 0.0260 e. The molecule has 0 fully saturated rings. The van der Waals surface area contributed by atoms with Crippen LogP contribution in [0.15, 0.2) is 0 Å². The Bertz CT molecular complexity index is 127. The highest BCUT2D eigenvalue weighted by Gasteiger charge is 2.24. The third-order valence-electron chi connectivity index (χ3n) is 0.783. The molecule has 0 nitrogen and oxygen atoms in total. The number of rotatable bonds is 5. The van der Waals surface area contributed by atoms with Crippen LogP contribution in [0.25, 0.3) is 0 Å². The topological polar surface area (TPSA) is 0 Å². The first-order valence-electron chi connectivity index (χ1n) is 2.53. The van der Waals surface area contributed by atoms with Gasteiger partial charge < -0.3 is 0 Å². The van der Waals surface area contributed by atoms with Crippen LogP contribution in [0.1, 0.15) is 0 Å². The molecule has 0 saturated heterocycles. The van der Waals surface area contributed by atoms with Crippen molar-refractivity contribution >= 4 is 99.4 Å². The van der Waals surface area contributed by atoms with Gasteiger partial charge in [-0.1, -0.05) is 19.8 Å². The van der Waals surface area contributed by atoms with Gasteiger partial charge in [-0.15, -0.1) is 44.6 Å². The van der Waals surface area contributed by atoms with Gasteiger partial charge >= 0.3 is 0 Å². The van der Waals surface area contributed by atoms with Gasteiger partial charge in [0.15, 0.2) is 0 Å². The molecule has 0 amide bonds. The summed E-state index contributed by atoms with van der Waals surface area (Å²) in [6, 6.07) is 0. The summed E-state index contributed by atoms with van der Waals surface area (Å²) in [5, 5.41) is 0. The van der Waals surface area contributed by atoms with Crippen molar-refractivity contribution in [2.75, 3.05) is 0 Å². The molecule has 0 aliphatic heterocycles. The van der Waals surface area contributed by atoms with Crippen LogP contribution >= 0.6 is 87.6 Å². The molecule has 0 bridgehead atoms. The first kappa shape index (κ1) is 16.8. The largest absolute Gasteiger partial charge is 0.109 e. The Morgan fingerprint density at radius 2 is 1.58 bits per heavy atom. The standard InChI is InChI=1S/H11P11S/c1-6-10(8(2)3)11(7-12)9(4)5/h6H,1-5H2. The highest BCUT2D eigenvalue weighted by molar-refractivity contribution is 9.18. The molecule has 72 valence electrons. The molecule has 12 heteroatoms. The molecule has 0 aromatic carbocycles. The highest BCUT2D eigenvalue weighted by atomic mass is 33.2. The second-order valence-corrected chi connectivity index (χ2v) is 41.3. The molecule has 0 heterocycles. The maximum Gasteiger partial charge on any atom is 0.0260 e. The lowest BCUT2D eigenvalue weighted by Crippen LogP contribution is -1.40. The van der Waals surface area contributed by atoms with Crippen molar-refractivity contribution in [1.82, 2.24) is 0 Å². The Labute approximate surface area is 98.8 Å². The van der Waals surface area contributed by atoms with E-state index in [1.54, 1.807) is 0 Å². The van der Waals surface area contributed by atoms with E-state index in [-0.39, 0.29) is 27.9 Å². The van der Waals surface area contributed by atoms with E-state index in [4.69, 9.17) is 11.8 Å². The predicted molar refractivity (Wildman–Crippen MR) is 98.8 cm³/mol. The van der Waals surface area contributed by atoms with Crippen molar-refractivity contribution in [3.05, 3.63) is 0 Å². The summed E-state index contributed by atoms with van der Waals surface area (Å²) < 4.78 is 0. The van der Waals surface area contributed by atoms with E-state index >= 15 is 0 Å². The van der Waals surface area contributed by atoms with Gasteiger partial charge in [0.25, 0.3) is 0 Å². The van der Waals surface area contributed by atoms with Crippen molar-refractivity contribution in [3.63, 3.8) is 0 Å². The fraction of sp³-hybridized carbons (Fsp3) is 0. The van der Waals surface area contributed by atoms with Crippen LogP contribution in [-0.2, 0) is 11.8 Å². The van der Waals surface area contributed by atoms with Crippen LogP contribution in [0.4, 0.5) is 0 Å². The third kappa shape index (κ3) is 6.53. The number of hydrogen-bond acceptors (Lipinski definition) is 1. The summed E-state index contributed by atoms with van der Waals surface area (Å²) in [4.78, 5) is 0. The second kappa shape index (κ2) is 9.81. The second-order valence-electron chi connectivity index (χ2n) is 1.53. The molecule has 8 atom stereocenters. The zero-order valence-corrected chi connectivity index (χ0v) is 18.1. The summed E-state index contributed by atoms with van der Waals surface area (Å²) in [5.41, 5.74) is 0. The van der Waals surface area contributed by atoms with Crippen molar-refractivity contribution in [3.8, 4) is 0 Å². The first-order valence-corrected chi connectivity index (χ1v) is 22.7. The highest BCUT2D eigenvalue weighted by Crippen LogP contribution is 3.12. The van der Waals surface area contributed by atoms with Crippen molar-refractivity contribution in [2.24, 2.45) is 0 Å². The molecule has 0 radical (unpaired) electrons. The Balaban J connectivity index is 4.33. The molecule has 0 aliphatic rings. The summed E-state index contributed by atoms with van der Waals surface area (Å²) in [5.74, 6) is 0. The average Bonchev–Trinajstić information content (AvgIpc) is 1.98. The van der Waals surface area contributed by atoms with E-state index in [9.17, 15) is 0 Å². The van der Waals surface area contributed by atoms with Crippen LogP contribution in [-0.4, -0.2) is 0 Å². The van der Waals surface area contributed by atoms with Crippen molar-refractivity contribution in [1.29, 1.82) is 0 Å². The Kier molecular flexibility index (Phi) is 13.8. The zero-order valence-electron chi connectivity index (χ0n) is 6.03. The fourth-order valence-corrected chi connectivity index (χ4v) is 93.6. The van der Waals surface area contributed by atoms with E-state index in [2.05, 4.69) is 44.6 Å². The van der Waals surface area contributed by atoms with Gasteiger partial charge in [0.1, 0.15) is 0 Å². The minimum Gasteiger partial charge on any atom is -0.109 e.